The fourth-order valence-corrected chi connectivity index (χ4v) is 2.45. The van der Waals surface area contributed by atoms with E-state index in [1.54, 1.807) is 0 Å². The molecule has 0 spiro atoms. The second-order valence-corrected chi connectivity index (χ2v) is 6.47. The van der Waals surface area contributed by atoms with E-state index in [0.29, 0.717) is 38.8 Å². The van der Waals surface area contributed by atoms with Crippen LogP contribution in [0.3, 0.4) is 0 Å². The van der Waals surface area contributed by atoms with Gasteiger partial charge in [0, 0.05) is 19.6 Å². The molecular formula is C19H29IN6O3. The van der Waals surface area contributed by atoms with Crippen molar-refractivity contribution in [3.05, 3.63) is 58.4 Å². The van der Waals surface area contributed by atoms with Gasteiger partial charge in [-0.1, -0.05) is 37.3 Å². The topological polar surface area (TPSA) is 107 Å². The first-order chi connectivity index (χ1) is 13.6. The molecule has 10 heteroatoms. The van der Waals surface area contributed by atoms with Gasteiger partial charge in [0.2, 0.25) is 0 Å². The predicted molar refractivity (Wildman–Crippen MR) is 124 cm³/mol. The highest BCUT2D eigenvalue weighted by Gasteiger charge is 2.08. The molecule has 2 rings (SSSR count). The van der Waals surface area contributed by atoms with E-state index in [1.807, 2.05) is 37.3 Å². The third-order valence-electron chi connectivity index (χ3n) is 3.88. The van der Waals surface area contributed by atoms with Crippen LogP contribution >= 0.6 is 24.0 Å². The van der Waals surface area contributed by atoms with Gasteiger partial charge in [-0.05, 0) is 18.4 Å². The fourth-order valence-electron chi connectivity index (χ4n) is 2.45. The van der Waals surface area contributed by atoms with E-state index < -0.39 is 4.92 Å². The predicted octanol–water partition coefficient (Wildman–Crippen LogP) is 2.82. The molecule has 29 heavy (non-hydrogen) atoms. The van der Waals surface area contributed by atoms with Gasteiger partial charge in [-0.2, -0.15) is 5.10 Å². The van der Waals surface area contributed by atoms with Crippen molar-refractivity contribution < 1.29 is 9.66 Å². The Labute approximate surface area is 188 Å². The molecule has 160 valence electrons. The number of nitrogens with zero attached hydrogens (tertiary/aromatic N) is 4. The average molecular weight is 516 g/mol. The van der Waals surface area contributed by atoms with Crippen LogP contribution in [-0.4, -0.2) is 46.9 Å². The molecule has 1 aromatic carbocycles. The van der Waals surface area contributed by atoms with Crippen molar-refractivity contribution in [1.82, 2.24) is 20.4 Å². The maximum atomic E-state index is 10.7. The minimum Gasteiger partial charge on any atom is -0.376 e. The lowest BCUT2D eigenvalue weighted by Gasteiger charge is -2.14. The van der Waals surface area contributed by atoms with Crippen LogP contribution in [0, 0.1) is 16.0 Å². The number of benzene rings is 1. The van der Waals surface area contributed by atoms with E-state index in [0.717, 1.165) is 12.1 Å². The number of guanidine groups is 1. The number of aliphatic imine (C=N–C) groups is 1. The number of hydrogen-bond acceptors (Lipinski definition) is 5. The molecule has 0 saturated heterocycles. The number of rotatable bonds is 11. The third-order valence-corrected chi connectivity index (χ3v) is 3.88. The second kappa shape index (κ2) is 13.9. The van der Waals surface area contributed by atoms with E-state index >= 15 is 0 Å². The second-order valence-electron chi connectivity index (χ2n) is 6.47. The molecule has 2 N–H and O–H groups in total. The molecule has 9 nitrogen and oxygen atoms in total. The Morgan fingerprint density at radius 1 is 1.34 bits per heavy atom. The average Bonchev–Trinajstić information content (AvgIpc) is 3.16. The number of ether oxygens (including phenoxy) is 1. The summed E-state index contributed by atoms with van der Waals surface area (Å²) < 4.78 is 7.29. The fraction of sp³-hybridized carbons (Fsp3) is 0.474. The highest BCUT2D eigenvalue weighted by molar-refractivity contribution is 14.0. The normalized spacial score (nSPS) is 12.1. The van der Waals surface area contributed by atoms with Crippen LogP contribution in [0.2, 0.25) is 0 Å². The molecule has 0 aliphatic rings. The molecule has 1 aromatic heterocycles. The summed E-state index contributed by atoms with van der Waals surface area (Å²) in [5.74, 6) is 0.993. The third kappa shape index (κ3) is 9.70. The monoisotopic (exact) mass is 516 g/mol. The van der Waals surface area contributed by atoms with E-state index in [9.17, 15) is 10.1 Å². The minimum atomic E-state index is -0.455. The first kappa shape index (κ1) is 24.8. The lowest BCUT2D eigenvalue weighted by atomic mass is 10.2. The summed E-state index contributed by atoms with van der Waals surface area (Å²) >= 11 is 0. The first-order valence-corrected chi connectivity index (χ1v) is 9.39. The SMILES string of the molecule is CCNC(=NCC(C)COCc1ccccc1)NCCn1cc([N+](=O)[O-])cn1.I. The summed E-state index contributed by atoms with van der Waals surface area (Å²) in [4.78, 5) is 14.8. The van der Waals surface area contributed by atoms with Gasteiger partial charge in [-0.3, -0.25) is 19.8 Å². The Hall–Kier alpha value is -2.21. The molecule has 0 aliphatic carbocycles. The number of hydrogen-bond donors (Lipinski definition) is 2. The molecule has 0 amide bonds. The quantitative estimate of drug-likeness (QED) is 0.157. The minimum absolute atomic E-state index is 0. The molecule has 1 heterocycles. The van der Waals surface area contributed by atoms with Crippen LogP contribution in [0.4, 0.5) is 5.69 Å². The Kier molecular flexibility index (Phi) is 11.9. The van der Waals surface area contributed by atoms with Crippen LogP contribution in [0.25, 0.3) is 0 Å². The molecule has 0 radical (unpaired) electrons. The number of nitrogens with one attached hydrogen (secondary N) is 2. The van der Waals surface area contributed by atoms with Crippen molar-refractivity contribution in [2.45, 2.75) is 27.0 Å². The largest absolute Gasteiger partial charge is 0.376 e. The summed E-state index contributed by atoms with van der Waals surface area (Å²) in [5.41, 5.74) is 1.15. The summed E-state index contributed by atoms with van der Waals surface area (Å²) in [6.45, 7) is 7.78. The maximum absolute atomic E-state index is 10.7. The maximum Gasteiger partial charge on any atom is 0.306 e. The van der Waals surface area contributed by atoms with Gasteiger partial charge in [0.1, 0.15) is 12.4 Å². The van der Waals surface area contributed by atoms with E-state index in [2.05, 4.69) is 27.6 Å². The zero-order valence-electron chi connectivity index (χ0n) is 16.8. The summed E-state index contributed by atoms with van der Waals surface area (Å²) in [7, 11) is 0. The molecule has 0 bridgehead atoms. The zero-order valence-corrected chi connectivity index (χ0v) is 19.1. The van der Waals surface area contributed by atoms with Gasteiger partial charge in [0.25, 0.3) is 0 Å². The Morgan fingerprint density at radius 2 is 2.10 bits per heavy atom. The van der Waals surface area contributed by atoms with Gasteiger partial charge in [-0.25, -0.2) is 0 Å². The van der Waals surface area contributed by atoms with Crippen molar-refractivity contribution in [2.24, 2.45) is 10.9 Å². The molecule has 0 fully saturated rings. The van der Waals surface area contributed by atoms with Crippen molar-refractivity contribution in [2.75, 3.05) is 26.2 Å². The zero-order chi connectivity index (χ0) is 20.2. The van der Waals surface area contributed by atoms with Gasteiger partial charge in [0.15, 0.2) is 5.96 Å². The van der Waals surface area contributed by atoms with E-state index in [4.69, 9.17) is 4.74 Å². The Bertz CT molecular complexity index is 753. The lowest BCUT2D eigenvalue weighted by molar-refractivity contribution is -0.385. The standard InChI is InChI=1S/C19H28N6O3.HI/c1-3-20-19(21-9-10-24-13-18(12-23-24)25(26)27)22-11-16(2)14-28-15-17-7-5-4-6-8-17;/h4-8,12-13,16H,3,9-11,14-15H2,1-2H3,(H2,20,21,22);1H. The number of aromatic nitrogens is 2. The van der Waals surface area contributed by atoms with Crippen LogP contribution in [-0.2, 0) is 17.9 Å². The van der Waals surface area contributed by atoms with Gasteiger partial charge >= 0.3 is 5.69 Å². The van der Waals surface area contributed by atoms with Crippen molar-refractivity contribution in [3.63, 3.8) is 0 Å². The molecule has 1 unspecified atom stereocenters. The van der Waals surface area contributed by atoms with Crippen molar-refractivity contribution in [3.8, 4) is 0 Å². The molecule has 1 atom stereocenters. The summed E-state index contributed by atoms with van der Waals surface area (Å²) in [6.07, 6.45) is 2.66. The Morgan fingerprint density at radius 3 is 2.76 bits per heavy atom. The molecule has 2 aromatic rings. The highest BCUT2D eigenvalue weighted by atomic mass is 127. The Balaban J connectivity index is 0.00000420. The number of nitro groups is 1. The van der Waals surface area contributed by atoms with Crippen LogP contribution in [0.1, 0.15) is 19.4 Å². The van der Waals surface area contributed by atoms with E-state index in [1.165, 1.54) is 17.1 Å². The van der Waals surface area contributed by atoms with E-state index in [-0.39, 0.29) is 35.6 Å². The van der Waals surface area contributed by atoms with Crippen LogP contribution < -0.4 is 10.6 Å². The van der Waals surface area contributed by atoms with Crippen molar-refractivity contribution in [1.29, 1.82) is 0 Å². The van der Waals surface area contributed by atoms with Crippen LogP contribution in [0.15, 0.2) is 47.7 Å². The van der Waals surface area contributed by atoms with Crippen molar-refractivity contribution >= 4 is 35.6 Å². The molecule has 0 saturated carbocycles. The summed E-state index contributed by atoms with van der Waals surface area (Å²) in [6, 6.07) is 10.1. The summed E-state index contributed by atoms with van der Waals surface area (Å²) in [5, 5.41) is 21.1. The molecule has 0 aliphatic heterocycles. The van der Waals surface area contributed by atoms with Gasteiger partial charge in [0.05, 0.1) is 24.7 Å². The number of halogens is 1. The smallest absolute Gasteiger partial charge is 0.306 e. The lowest BCUT2D eigenvalue weighted by Crippen LogP contribution is -2.39. The van der Waals surface area contributed by atoms with Crippen LogP contribution in [0.5, 0.6) is 0 Å². The van der Waals surface area contributed by atoms with Gasteiger partial charge < -0.3 is 15.4 Å². The highest BCUT2D eigenvalue weighted by Crippen LogP contribution is 2.07. The molecular weight excluding hydrogens is 487 g/mol. The first-order valence-electron chi connectivity index (χ1n) is 9.39. The van der Waals surface area contributed by atoms with Gasteiger partial charge in [-0.15, -0.1) is 24.0 Å².